The number of ether oxygens (including phenoxy) is 2. The first-order chi connectivity index (χ1) is 11.9. The molecule has 0 saturated heterocycles. The number of ketones is 1. The van der Waals surface area contributed by atoms with E-state index in [0.29, 0.717) is 36.0 Å². The molecule has 0 fully saturated rings. The number of rotatable bonds is 8. The zero-order valence-corrected chi connectivity index (χ0v) is 15.2. The molecule has 0 aromatic heterocycles. The van der Waals surface area contributed by atoms with Gasteiger partial charge in [0.25, 0.3) is 10.0 Å². The van der Waals surface area contributed by atoms with Gasteiger partial charge in [0.1, 0.15) is 0 Å². The van der Waals surface area contributed by atoms with Crippen LogP contribution in [0, 0.1) is 0 Å². The summed E-state index contributed by atoms with van der Waals surface area (Å²) in [4.78, 5) is 11.5. The lowest BCUT2D eigenvalue weighted by molar-refractivity contribution is 0.101. The highest BCUT2D eigenvalue weighted by Crippen LogP contribution is 2.31. The van der Waals surface area contributed by atoms with Crippen LogP contribution in [0.15, 0.2) is 47.4 Å². The number of anilines is 1. The molecule has 1 N–H and O–H groups in total. The first kappa shape index (κ1) is 18.8. The minimum Gasteiger partial charge on any atom is -0.490 e. The van der Waals surface area contributed by atoms with E-state index in [1.807, 2.05) is 13.8 Å². The van der Waals surface area contributed by atoms with Gasteiger partial charge in [-0.25, -0.2) is 8.42 Å². The zero-order chi connectivity index (χ0) is 18.4. The minimum absolute atomic E-state index is 0.0487. The van der Waals surface area contributed by atoms with E-state index in [-0.39, 0.29) is 10.7 Å². The Bertz CT molecular complexity index is 862. The Hall–Kier alpha value is -2.54. The predicted molar refractivity (Wildman–Crippen MR) is 96.0 cm³/mol. The van der Waals surface area contributed by atoms with Crippen LogP contribution in [0.3, 0.4) is 0 Å². The van der Waals surface area contributed by atoms with Gasteiger partial charge in [0.2, 0.25) is 0 Å². The average molecular weight is 363 g/mol. The summed E-state index contributed by atoms with van der Waals surface area (Å²) in [6.07, 6.45) is 0. The number of carbonyl (C=O) groups is 1. The van der Waals surface area contributed by atoms with E-state index in [1.54, 1.807) is 24.3 Å². The fraction of sp³-hybridized carbons (Fsp3) is 0.278. The molecule has 0 bridgehead atoms. The molecule has 2 rings (SSSR count). The quantitative estimate of drug-likeness (QED) is 0.726. The van der Waals surface area contributed by atoms with Gasteiger partial charge < -0.3 is 9.47 Å². The second-order valence-corrected chi connectivity index (χ2v) is 6.90. The van der Waals surface area contributed by atoms with Gasteiger partial charge >= 0.3 is 0 Å². The maximum atomic E-state index is 12.6. The van der Waals surface area contributed by atoms with Crippen LogP contribution < -0.4 is 14.2 Å². The lowest BCUT2D eigenvalue weighted by Crippen LogP contribution is -2.13. The summed E-state index contributed by atoms with van der Waals surface area (Å²) >= 11 is 0. The van der Waals surface area contributed by atoms with Crippen molar-refractivity contribution in [3.63, 3.8) is 0 Å². The van der Waals surface area contributed by atoms with E-state index in [1.165, 1.54) is 25.1 Å². The van der Waals surface area contributed by atoms with Crippen molar-refractivity contribution in [1.29, 1.82) is 0 Å². The molecule has 134 valence electrons. The molecule has 0 amide bonds. The highest BCUT2D eigenvalue weighted by atomic mass is 32.2. The summed E-state index contributed by atoms with van der Waals surface area (Å²) in [6.45, 7) is 5.90. The standard InChI is InChI=1S/C18H21NO5S/c1-4-23-17-10-9-16(12-18(17)24-5-2)25(21,22)19-15-8-6-7-14(11-15)13(3)20/h6-12,19H,4-5H2,1-3H3. The molecule has 25 heavy (non-hydrogen) atoms. The monoisotopic (exact) mass is 363 g/mol. The van der Waals surface area contributed by atoms with Crippen LogP contribution in [0.2, 0.25) is 0 Å². The zero-order valence-electron chi connectivity index (χ0n) is 14.4. The number of nitrogens with one attached hydrogen (secondary N) is 1. The van der Waals surface area contributed by atoms with Crippen molar-refractivity contribution in [1.82, 2.24) is 0 Å². The lowest BCUT2D eigenvalue weighted by atomic mass is 10.1. The Morgan fingerprint density at radius 2 is 1.68 bits per heavy atom. The fourth-order valence-electron chi connectivity index (χ4n) is 2.21. The molecule has 2 aromatic carbocycles. The average Bonchev–Trinajstić information content (AvgIpc) is 2.56. The molecule has 2 aromatic rings. The fourth-order valence-corrected chi connectivity index (χ4v) is 3.28. The van der Waals surface area contributed by atoms with E-state index < -0.39 is 10.0 Å². The van der Waals surface area contributed by atoms with E-state index in [9.17, 15) is 13.2 Å². The summed E-state index contributed by atoms with van der Waals surface area (Å²) in [6, 6.07) is 10.8. The summed E-state index contributed by atoms with van der Waals surface area (Å²) in [5, 5.41) is 0. The lowest BCUT2D eigenvalue weighted by Gasteiger charge is -2.13. The first-order valence-electron chi connectivity index (χ1n) is 7.90. The predicted octanol–water partition coefficient (Wildman–Crippen LogP) is 3.49. The highest BCUT2D eigenvalue weighted by Gasteiger charge is 2.18. The van der Waals surface area contributed by atoms with Crippen molar-refractivity contribution in [2.24, 2.45) is 0 Å². The maximum Gasteiger partial charge on any atom is 0.262 e. The van der Waals surface area contributed by atoms with Gasteiger partial charge in [0.15, 0.2) is 17.3 Å². The van der Waals surface area contributed by atoms with Crippen molar-refractivity contribution in [3.8, 4) is 11.5 Å². The SMILES string of the molecule is CCOc1ccc(S(=O)(=O)Nc2cccc(C(C)=O)c2)cc1OCC. The molecule has 6 nitrogen and oxygen atoms in total. The molecule has 0 aliphatic rings. The van der Waals surface area contributed by atoms with E-state index in [0.717, 1.165) is 0 Å². The Morgan fingerprint density at radius 3 is 2.32 bits per heavy atom. The van der Waals surface area contributed by atoms with Crippen molar-refractivity contribution in [2.45, 2.75) is 25.7 Å². The smallest absolute Gasteiger partial charge is 0.262 e. The molecule has 0 atom stereocenters. The van der Waals surface area contributed by atoms with Crippen LogP contribution in [0.1, 0.15) is 31.1 Å². The molecule has 0 aliphatic heterocycles. The molecule has 7 heteroatoms. The largest absolute Gasteiger partial charge is 0.490 e. The topological polar surface area (TPSA) is 81.7 Å². The van der Waals surface area contributed by atoms with Gasteiger partial charge in [-0.15, -0.1) is 0 Å². The molecule has 0 saturated carbocycles. The van der Waals surface area contributed by atoms with Gasteiger partial charge in [-0.3, -0.25) is 9.52 Å². The van der Waals surface area contributed by atoms with Gasteiger partial charge in [-0.1, -0.05) is 12.1 Å². The second kappa shape index (κ2) is 8.02. The normalized spacial score (nSPS) is 11.0. The van der Waals surface area contributed by atoms with Crippen molar-refractivity contribution in [3.05, 3.63) is 48.0 Å². The number of hydrogen-bond acceptors (Lipinski definition) is 5. The van der Waals surface area contributed by atoms with Gasteiger partial charge in [0.05, 0.1) is 18.1 Å². The molecule has 0 aliphatic carbocycles. The van der Waals surface area contributed by atoms with Gasteiger partial charge in [0, 0.05) is 17.3 Å². The molecule has 0 radical (unpaired) electrons. The van der Waals surface area contributed by atoms with Crippen molar-refractivity contribution < 1.29 is 22.7 Å². The van der Waals surface area contributed by atoms with E-state index in [2.05, 4.69) is 4.72 Å². The maximum absolute atomic E-state index is 12.6. The van der Waals surface area contributed by atoms with Crippen LogP contribution >= 0.6 is 0 Å². The van der Waals surface area contributed by atoms with Crippen LogP contribution in [-0.4, -0.2) is 27.4 Å². The number of carbonyl (C=O) groups excluding carboxylic acids is 1. The van der Waals surface area contributed by atoms with Gasteiger partial charge in [-0.05, 0) is 45.0 Å². The first-order valence-corrected chi connectivity index (χ1v) is 9.39. The summed E-state index contributed by atoms with van der Waals surface area (Å²) in [5.74, 6) is 0.715. The summed E-state index contributed by atoms with van der Waals surface area (Å²) in [7, 11) is -3.83. The Morgan fingerprint density at radius 1 is 1.00 bits per heavy atom. The number of hydrogen-bond donors (Lipinski definition) is 1. The van der Waals surface area contributed by atoms with Crippen LogP contribution in [0.4, 0.5) is 5.69 Å². The van der Waals surface area contributed by atoms with Crippen LogP contribution in [-0.2, 0) is 10.0 Å². The third-order valence-electron chi connectivity index (χ3n) is 3.35. The van der Waals surface area contributed by atoms with Crippen LogP contribution in [0.25, 0.3) is 0 Å². The van der Waals surface area contributed by atoms with Crippen molar-refractivity contribution >= 4 is 21.5 Å². The molecular formula is C18H21NO5S. The molecule has 0 unspecified atom stereocenters. The number of sulfonamides is 1. The number of benzene rings is 2. The Kier molecular flexibility index (Phi) is 6.03. The Balaban J connectivity index is 2.34. The third kappa shape index (κ3) is 4.73. The third-order valence-corrected chi connectivity index (χ3v) is 4.73. The van der Waals surface area contributed by atoms with E-state index in [4.69, 9.17) is 9.47 Å². The number of Topliss-reactive ketones (excluding diaryl/α,β-unsaturated/α-hetero) is 1. The second-order valence-electron chi connectivity index (χ2n) is 5.22. The van der Waals surface area contributed by atoms with Crippen LogP contribution in [0.5, 0.6) is 11.5 Å². The summed E-state index contributed by atoms with van der Waals surface area (Å²) < 4.78 is 38.6. The molecular weight excluding hydrogens is 342 g/mol. The van der Waals surface area contributed by atoms with Gasteiger partial charge in [-0.2, -0.15) is 0 Å². The summed E-state index contributed by atoms with van der Waals surface area (Å²) in [5.41, 5.74) is 0.751. The van der Waals surface area contributed by atoms with E-state index >= 15 is 0 Å². The highest BCUT2D eigenvalue weighted by molar-refractivity contribution is 7.92. The molecule has 0 spiro atoms. The minimum atomic E-state index is -3.83. The molecule has 0 heterocycles. The van der Waals surface area contributed by atoms with Crippen molar-refractivity contribution in [2.75, 3.05) is 17.9 Å². The Labute approximate surface area is 147 Å².